The van der Waals surface area contributed by atoms with E-state index < -0.39 is 18.9 Å². The third-order valence-electron chi connectivity index (χ3n) is 1.38. The molecule has 1 aromatic rings. The summed E-state index contributed by atoms with van der Waals surface area (Å²) in [5.41, 5.74) is 0.349. The minimum Gasteiger partial charge on any atom is -0.450 e. The molecule has 0 aliphatic heterocycles. The van der Waals surface area contributed by atoms with Gasteiger partial charge in [-0.05, 0) is 12.1 Å². The lowest BCUT2D eigenvalue weighted by atomic mass is 10.2. The molecule has 1 rings (SSSR count). The predicted octanol–water partition coefficient (Wildman–Crippen LogP) is 1.50. The Balaban J connectivity index is 2.40. The summed E-state index contributed by atoms with van der Waals surface area (Å²) in [7, 11) is 0. The number of hydrogen-bond donors (Lipinski definition) is 1. The van der Waals surface area contributed by atoms with Crippen molar-refractivity contribution < 1.29 is 24.2 Å². The van der Waals surface area contributed by atoms with Gasteiger partial charge in [0.15, 0.2) is 0 Å². The average Bonchev–Trinajstić information content (AvgIpc) is 2.18. The fraction of sp³-hybridized carbons (Fsp3) is 0.111. The monoisotopic (exact) mass is 196 g/mol. The van der Waals surface area contributed by atoms with Gasteiger partial charge in [-0.25, -0.2) is 9.59 Å². The molecule has 1 N–H and O–H groups in total. The van der Waals surface area contributed by atoms with Crippen LogP contribution in [-0.4, -0.2) is 24.0 Å². The fourth-order valence-corrected chi connectivity index (χ4v) is 0.791. The van der Waals surface area contributed by atoms with Crippen LogP contribution in [0.5, 0.6) is 0 Å². The second-order valence-corrected chi connectivity index (χ2v) is 2.33. The Morgan fingerprint density at radius 1 is 1.14 bits per heavy atom. The highest BCUT2D eigenvalue weighted by Crippen LogP contribution is 2.00. The number of carbonyl (C=O) groups excluding carboxylic acids is 1. The second-order valence-electron chi connectivity index (χ2n) is 2.33. The Bertz CT molecular complexity index is 319. The second kappa shape index (κ2) is 4.86. The molecule has 14 heavy (non-hydrogen) atoms. The molecule has 0 aliphatic carbocycles. The van der Waals surface area contributed by atoms with E-state index in [0.717, 1.165) is 0 Å². The summed E-state index contributed by atoms with van der Waals surface area (Å²) in [6.07, 6.45) is -1.48. The van der Waals surface area contributed by atoms with E-state index in [-0.39, 0.29) is 0 Å². The van der Waals surface area contributed by atoms with Crippen molar-refractivity contribution in [3.05, 3.63) is 35.9 Å². The summed E-state index contributed by atoms with van der Waals surface area (Å²) in [6, 6.07) is 8.22. The largest absolute Gasteiger partial charge is 0.508 e. The number of ether oxygens (including phenoxy) is 2. The Labute approximate surface area is 79.9 Å². The third kappa shape index (κ3) is 3.14. The highest BCUT2D eigenvalue weighted by Gasteiger charge is 2.06. The van der Waals surface area contributed by atoms with Crippen molar-refractivity contribution in [2.75, 3.05) is 6.79 Å². The van der Waals surface area contributed by atoms with Gasteiger partial charge in [0.05, 0.1) is 5.56 Å². The van der Waals surface area contributed by atoms with E-state index in [2.05, 4.69) is 9.47 Å². The molecule has 0 fully saturated rings. The summed E-state index contributed by atoms with van der Waals surface area (Å²) in [5.74, 6) is -0.619. The summed E-state index contributed by atoms with van der Waals surface area (Å²) in [4.78, 5) is 21.0. The average molecular weight is 196 g/mol. The van der Waals surface area contributed by atoms with Crippen LogP contribution in [-0.2, 0) is 9.47 Å². The van der Waals surface area contributed by atoms with Gasteiger partial charge in [-0.2, -0.15) is 0 Å². The van der Waals surface area contributed by atoms with Gasteiger partial charge >= 0.3 is 12.1 Å². The van der Waals surface area contributed by atoms with E-state index in [1.165, 1.54) is 0 Å². The van der Waals surface area contributed by atoms with Crippen LogP contribution in [0.2, 0.25) is 0 Å². The number of carboxylic acid groups (broad SMARTS) is 1. The molecule has 0 heterocycles. The van der Waals surface area contributed by atoms with Crippen molar-refractivity contribution in [3.8, 4) is 0 Å². The van der Waals surface area contributed by atoms with Crippen molar-refractivity contribution in [2.24, 2.45) is 0 Å². The highest BCUT2D eigenvalue weighted by molar-refractivity contribution is 5.89. The van der Waals surface area contributed by atoms with Crippen molar-refractivity contribution in [1.29, 1.82) is 0 Å². The Kier molecular flexibility index (Phi) is 3.49. The molecule has 0 radical (unpaired) electrons. The Morgan fingerprint density at radius 3 is 2.36 bits per heavy atom. The van der Waals surface area contributed by atoms with Gasteiger partial charge in [0.1, 0.15) is 0 Å². The van der Waals surface area contributed by atoms with Crippen LogP contribution in [0.25, 0.3) is 0 Å². The normalized spacial score (nSPS) is 9.14. The molecule has 5 heteroatoms. The number of esters is 1. The summed E-state index contributed by atoms with van der Waals surface area (Å²) < 4.78 is 8.50. The number of rotatable bonds is 3. The molecule has 74 valence electrons. The summed E-state index contributed by atoms with van der Waals surface area (Å²) >= 11 is 0. The standard InChI is InChI=1S/C9H8O5/c10-8(13-6-14-9(11)12)7-4-2-1-3-5-7/h1-5H,6H2,(H,11,12). The lowest BCUT2D eigenvalue weighted by Crippen LogP contribution is -2.11. The zero-order chi connectivity index (χ0) is 10.4. The van der Waals surface area contributed by atoms with E-state index in [9.17, 15) is 9.59 Å². The number of carbonyl (C=O) groups is 2. The Hall–Kier alpha value is -2.04. The molecule has 1 aromatic carbocycles. The molecule has 0 saturated heterocycles. The maximum Gasteiger partial charge on any atom is 0.508 e. The number of hydrogen-bond acceptors (Lipinski definition) is 4. The van der Waals surface area contributed by atoms with Crippen LogP contribution in [0, 0.1) is 0 Å². The smallest absolute Gasteiger partial charge is 0.450 e. The van der Waals surface area contributed by atoms with Crippen LogP contribution in [0.3, 0.4) is 0 Å². The molecule has 0 bridgehead atoms. The molecule has 0 amide bonds. The molecule has 0 aromatic heterocycles. The first-order chi connectivity index (χ1) is 6.70. The Morgan fingerprint density at radius 2 is 1.79 bits per heavy atom. The van der Waals surface area contributed by atoms with Gasteiger partial charge in [0, 0.05) is 0 Å². The van der Waals surface area contributed by atoms with E-state index in [1.807, 2.05) is 0 Å². The lowest BCUT2D eigenvalue weighted by Gasteiger charge is -2.02. The van der Waals surface area contributed by atoms with Crippen LogP contribution < -0.4 is 0 Å². The minimum absolute atomic E-state index is 0.349. The zero-order valence-electron chi connectivity index (χ0n) is 7.17. The van der Waals surface area contributed by atoms with Gasteiger partial charge in [0.2, 0.25) is 6.79 Å². The first-order valence-electron chi connectivity index (χ1n) is 3.78. The molecular weight excluding hydrogens is 188 g/mol. The van der Waals surface area contributed by atoms with Crippen LogP contribution in [0.1, 0.15) is 10.4 Å². The molecule has 0 spiro atoms. The molecule has 5 nitrogen and oxygen atoms in total. The van der Waals surface area contributed by atoms with Crippen molar-refractivity contribution in [3.63, 3.8) is 0 Å². The molecule has 0 unspecified atom stereocenters. The quantitative estimate of drug-likeness (QED) is 0.585. The van der Waals surface area contributed by atoms with Gasteiger partial charge in [0.25, 0.3) is 0 Å². The van der Waals surface area contributed by atoms with Crippen molar-refractivity contribution >= 4 is 12.1 Å². The fourth-order valence-electron chi connectivity index (χ4n) is 0.791. The number of benzene rings is 1. The van der Waals surface area contributed by atoms with Crippen LogP contribution >= 0.6 is 0 Å². The third-order valence-corrected chi connectivity index (χ3v) is 1.38. The lowest BCUT2D eigenvalue weighted by molar-refractivity contribution is -0.0167. The van der Waals surface area contributed by atoms with Gasteiger partial charge in [-0.1, -0.05) is 18.2 Å². The SMILES string of the molecule is O=C(O)OCOC(=O)c1ccccc1. The van der Waals surface area contributed by atoms with E-state index >= 15 is 0 Å². The minimum atomic E-state index is -1.48. The van der Waals surface area contributed by atoms with Gasteiger partial charge in [-0.15, -0.1) is 0 Å². The maximum absolute atomic E-state index is 11.1. The van der Waals surface area contributed by atoms with Gasteiger partial charge < -0.3 is 14.6 Å². The summed E-state index contributed by atoms with van der Waals surface area (Å²) in [6.45, 7) is -0.594. The zero-order valence-corrected chi connectivity index (χ0v) is 7.17. The van der Waals surface area contributed by atoms with E-state index in [1.54, 1.807) is 30.3 Å². The van der Waals surface area contributed by atoms with Crippen molar-refractivity contribution in [2.45, 2.75) is 0 Å². The van der Waals surface area contributed by atoms with Crippen LogP contribution in [0.4, 0.5) is 4.79 Å². The predicted molar refractivity (Wildman–Crippen MR) is 45.8 cm³/mol. The van der Waals surface area contributed by atoms with Gasteiger partial charge in [-0.3, -0.25) is 0 Å². The van der Waals surface area contributed by atoms with E-state index in [0.29, 0.717) is 5.56 Å². The first kappa shape index (κ1) is 10.0. The molecule has 0 atom stereocenters. The highest BCUT2D eigenvalue weighted by atomic mass is 16.7. The summed E-state index contributed by atoms with van der Waals surface area (Å²) in [5, 5.41) is 8.08. The molecular formula is C9H8O5. The topological polar surface area (TPSA) is 72.8 Å². The van der Waals surface area contributed by atoms with Crippen molar-refractivity contribution in [1.82, 2.24) is 0 Å². The van der Waals surface area contributed by atoms with Crippen LogP contribution in [0.15, 0.2) is 30.3 Å². The first-order valence-corrected chi connectivity index (χ1v) is 3.78. The van der Waals surface area contributed by atoms with E-state index in [4.69, 9.17) is 5.11 Å². The molecule has 0 aliphatic rings. The molecule has 0 saturated carbocycles. The maximum atomic E-state index is 11.1.